The highest BCUT2D eigenvalue weighted by Gasteiger charge is 2.22. The summed E-state index contributed by atoms with van der Waals surface area (Å²) in [6.07, 6.45) is 1.62. The van der Waals surface area contributed by atoms with E-state index in [-0.39, 0.29) is 11.9 Å². The van der Waals surface area contributed by atoms with E-state index in [4.69, 9.17) is 4.74 Å². The van der Waals surface area contributed by atoms with Gasteiger partial charge in [-0.15, -0.1) is 0 Å². The molecule has 0 saturated carbocycles. The molecule has 0 unspecified atom stereocenters. The second-order valence-corrected chi connectivity index (χ2v) is 3.20. The van der Waals surface area contributed by atoms with E-state index < -0.39 is 0 Å². The van der Waals surface area contributed by atoms with Crippen LogP contribution in [0.4, 0.5) is 0 Å². The smallest absolute Gasteiger partial charge is 0.197 e. The summed E-state index contributed by atoms with van der Waals surface area (Å²) in [4.78, 5) is 11.1. The molecule has 0 saturated heterocycles. The fourth-order valence-corrected chi connectivity index (χ4v) is 1.17. The molecule has 1 rings (SSSR count). The lowest BCUT2D eigenvalue weighted by Gasteiger charge is -2.09. The summed E-state index contributed by atoms with van der Waals surface area (Å²) in [6, 6.07) is 0. The molecule has 0 bridgehead atoms. The van der Waals surface area contributed by atoms with Crippen molar-refractivity contribution < 1.29 is 9.53 Å². The van der Waals surface area contributed by atoms with E-state index in [2.05, 4.69) is 0 Å². The van der Waals surface area contributed by atoms with Crippen molar-refractivity contribution in [3.05, 3.63) is 11.3 Å². The Morgan fingerprint density at radius 2 is 2.00 bits per heavy atom. The first kappa shape index (κ1) is 8.31. The SMILES string of the molecule is CC1=C(OC(C)C)C(=O)CC1. The van der Waals surface area contributed by atoms with E-state index in [0.29, 0.717) is 12.2 Å². The number of hydrogen-bond donors (Lipinski definition) is 0. The van der Waals surface area contributed by atoms with Crippen molar-refractivity contribution in [1.29, 1.82) is 0 Å². The molecule has 0 aromatic carbocycles. The van der Waals surface area contributed by atoms with Crippen molar-refractivity contribution in [3.63, 3.8) is 0 Å². The lowest BCUT2D eigenvalue weighted by Crippen LogP contribution is -2.07. The summed E-state index contributed by atoms with van der Waals surface area (Å²) in [5.41, 5.74) is 1.10. The Morgan fingerprint density at radius 3 is 2.36 bits per heavy atom. The first-order valence-electron chi connectivity index (χ1n) is 4.01. The third-order valence-electron chi connectivity index (χ3n) is 1.72. The average molecular weight is 154 g/mol. The van der Waals surface area contributed by atoms with Crippen LogP contribution in [0.2, 0.25) is 0 Å². The number of carbonyl (C=O) groups is 1. The van der Waals surface area contributed by atoms with E-state index in [1.165, 1.54) is 0 Å². The Bertz CT molecular complexity index is 202. The minimum absolute atomic E-state index is 0.113. The Morgan fingerprint density at radius 1 is 1.36 bits per heavy atom. The van der Waals surface area contributed by atoms with Crippen LogP contribution in [-0.4, -0.2) is 11.9 Å². The van der Waals surface area contributed by atoms with Gasteiger partial charge in [-0.1, -0.05) is 0 Å². The number of Topliss-reactive ketones (excluding diaryl/α,β-unsaturated/α-hetero) is 1. The highest BCUT2D eigenvalue weighted by molar-refractivity contribution is 5.96. The largest absolute Gasteiger partial charge is 0.487 e. The first-order valence-corrected chi connectivity index (χ1v) is 4.01. The quantitative estimate of drug-likeness (QED) is 0.608. The summed E-state index contributed by atoms with van der Waals surface area (Å²) in [5.74, 6) is 0.774. The summed E-state index contributed by atoms with van der Waals surface area (Å²) in [5, 5.41) is 0. The number of hydrogen-bond acceptors (Lipinski definition) is 2. The lowest BCUT2D eigenvalue weighted by molar-refractivity contribution is -0.118. The molecule has 0 aliphatic heterocycles. The lowest BCUT2D eigenvalue weighted by atomic mass is 10.3. The molecular formula is C9H14O2. The van der Waals surface area contributed by atoms with E-state index in [9.17, 15) is 4.79 Å². The zero-order valence-corrected chi connectivity index (χ0v) is 7.31. The predicted octanol–water partition coefficient (Wildman–Crippen LogP) is 2.05. The second kappa shape index (κ2) is 3.07. The molecule has 0 heterocycles. The molecular weight excluding hydrogens is 140 g/mol. The van der Waals surface area contributed by atoms with Crippen LogP contribution in [-0.2, 0) is 9.53 Å². The van der Waals surface area contributed by atoms with Gasteiger partial charge in [0, 0.05) is 6.42 Å². The molecule has 0 radical (unpaired) electrons. The van der Waals surface area contributed by atoms with Gasteiger partial charge in [-0.25, -0.2) is 0 Å². The Balaban J connectivity index is 2.67. The third kappa shape index (κ3) is 1.82. The van der Waals surface area contributed by atoms with Gasteiger partial charge in [0.25, 0.3) is 0 Å². The third-order valence-corrected chi connectivity index (χ3v) is 1.72. The molecule has 11 heavy (non-hydrogen) atoms. The average Bonchev–Trinajstić information content (AvgIpc) is 2.18. The number of ketones is 1. The van der Waals surface area contributed by atoms with Gasteiger partial charge in [0.1, 0.15) is 0 Å². The minimum atomic E-state index is 0.113. The van der Waals surface area contributed by atoms with Gasteiger partial charge in [0.15, 0.2) is 11.5 Å². The molecule has 2 heteroatoms. The Kier molecular flexibility index (Phi) is 2.32. The van der Waals surface area contributed by atoms with Crippen molar-refractivity contribution in [1.82, 2.24) is 0 Å². The van der Waals surface area contributed by atoms with E-state index in [1.807, 2.05) is 20.8 Å². The number of carbonyl (C=O) groups excluding carboxylic acids is 1. The summed E-state index contributed by atoms with van der Waals surface area (Å²) < 4.78 is 5.37. The highest BCUT2D eigenvalue weighted by atomic mass is 16.5. The Hall–Kier alpha value is -0.790. The predicted molar refractivity (Wildman–Crippen MR) is 43.2 cm³/mol. The summed E-state index contributed by atoms with van der Waals surface area (Å²) in [7, 11) is 0. The van der Waals surface area contributed by atoms with Gasteiger partial charge >= 0.3 is 0 Å². The fraction of sp³-hybridized carbons (Fsp3) is 0.667. The van der Waals surface area contributed by atoms with Gasteiger partial charge < -0.3 is 4.74 Å². The number of ether oxygens (including phenoxy) is 1. The molecule has 0 fully saturated rings. The van der Waals surface area contributed by atoms with Crippen molar-refractivity contribution >= 4 is 5.78 Å². The maximum Gasteiger partial charge on any atom is 0.197 e. The summed E-state index contributed by atoms with van der Waals surface area (Å²) >= 11 is 0. The Labute approximate surface area is 67.2 Å². The topological polar surface area (TPSA) is 26.3 Å². The van der Waals surface area contributed by atoms with Crippen LogP contribution in [0, 0.1) is 0 Å². The van der Waals surface area contributed by atoms with Crippen LogP contribution in [0.15, 0.2) is 11.3 Å². The maximum absolute atomic E-state index is 11.1. The van der Waals surface area contributed by atoms with Crippen LogP contribution < -0.4 is 0 Å². The van der Waals surface area contributed by atoms with Crippen LogP contribution in [0.1, 0.15) is 33.6 Å². The van der Waals surface area contributed by atoms with Crippen molar-refractivity contribution in [2.45, 2.75) is 39.7 Å². The first-order chi connectivity index (χ1) is 5.11. The van der Waals surface area contributed by atoms with Crippen LogP contribution in [0.5, 0.6) is 0 Å². The van der Waals surface area contributed by atoms with Crippen LogP contribution in [0.25, 0.3) is 0 Å². The molecule has 62 valence electrons. The molecule has 0 aromatic rings. The standard InChI is InChI=1S/C9H14O2/c1-6(2)11-9-7(3)4-5-8(9)10/h6H,4-5H2,1-3H3. The molecule has 1 aliphatic carbocycles. The number of allylic oxidation sites excluding steroid dienone is 2. The van der Waals surface area contributed by atoms with E-state index in [0.717, 1.165) is 12.0 Å². The molecule has 2 nitrogen and oxygen atoms in total. The molecule has 1 aliphatic rings. The van der Waals surface area contributed by atoms with E-state index in [1.54, 1.807) is 0 Å². The molecule has 0 aromatic heterocycles. The zero-order chi connectivity index (χ0) is 8.43. The highest BCUT2D eigenvalue weighted by Crippen LogP contribution is 2.23. The normalized spacial score (nSPS) is 18.4. The van der Waals surface area contributed by atoms with Crippen molar-refractivity contribution in [3.8, 4) is 0 Å². The summed E-state index contributed by atoms with van der Waals surface area (Å²) in [6.45, 7) is 5.83. The van der Waals surface area contributed by atoms with E-state index >= 15 is 0 Å². The maximum atomic E-state index is 11.1. The molecule has 0 spiro atoms. The monoisotopic (exact) mass is 154 g/mol. The van der Waals surface area contributed by atoms with Crippen LogP contribution in [0.3, 0.4) is 0 Å². The fourth-order valence-electron chi connectivity index (χ4n) is 1.17. The zero-order valence-electron chi connectivity index (χ0n) is 7.31. The van der Waals surface area contributed by atoms with Gasteiger partial charge in [0.05, 0.1) is 6.10 Å². The van der Waals surface area contributed by atoms with Gasteiger partial charge in [-0.2, -0.15) is 0 Å². The van der Waals surface area contributed by atoms with Gasteiger partial charge in [-0.3, -0.25) is 4.79 Å². The molecule has 0 atom stereocenters. The minimum Gasteiger partial charge on any atom is -0.487 e. The van der Waals surface area contributed by atoms with Gasteiger partial charge in [0.2, 0.25) is 0 Å². The molecule has 0 amide bonds. The van der Waals surface area contributed by atoms with Crippen molar-refractivity contribution in [2.24, 2.45) is 0 Å². The molecule has 0 N–H and O–H groups in total. The second-order valence-electron chi connectivity index (χ2n) is 3.20. The van der Waals surface area contributed by atoms with Crippen LogP contribution >= 0.6 is 0 Å². The van der Waals surface area contributed by atoms with Crippen molar-refractivity contribution in [2.75, 3.05) is 0 Å². The van der Waals surface area contributed by atoms with Gasteiger partial charge in [-0.05, 0) is 32.8 Å². The number of rotatable bonds is 2.